The fraction of sp³-hybridized carbons (Fsp3) is 0.625. The van der Waals surface area contributed by atoms with E-state index < -0.39 is 0 Å². The molecule has 0 aliphatic carbocycles. The van der Waals surface area contributed by atoms with Crippen LogP contribution in [0.5, 0.6) is 0 Å². The van der Waals surface area contributed by atoms with Gasteiger partial charge >= 0.3 is 0 Å². The summed E-state index contributed by atoms with van der Waals surface area (Å²) in [7, 11) is 0. The average molecular weight is 248 g/mol. The van der Waals surface area contributed by atoms with E-state index in [0.29, 0.717) is 6.04 Å². The second-order valence-corrected chi connectivity index (χ2v) is 6.32. The number of benzene rings is 1. The highest BCUT2D eigenvalue weighted by Crippen LogP contribution is 2.26. The van der Waals surface area contributed by atoms with E-state index in [4.69, 9.17) is 0 Å². The van der Waals surface area contributed by atoms with Crippen molar-refractivity contribution in [3.05, 3.63) is 29.3 Å². The largest absolute Gasteiger partial charge is 0.384 e. The zero-order chi connectivity index (χ0) is 13.8. The van der Waals surface area contributed by atoms with Crippen molar-refractivity contribution in [2.24, 2.45) is 0 Å². The van der Waals surface area contributed by atoms with Crippen LogP contribution in [-0.4, -0.2) is 19.1 Å². The lowest BCUT2D eigenvalue weighted by Crippen LogP contribution is -2.28. The number of rotatable bonds is 5. The molecule has 2 N–H and O–H groups in total. The maximum Gasteiger partial charge on any atom is 0.0370 e. The summed E-state index contributed by atoms with van der Waals surface area (Å²) >= 11 is 0. The third kappa shape index (κ3) is 4.69. The van der Waals surface area contributed by atoms with E-state index in [-0.39, 0.29) is 5.41 Å². The zero-order valence-corrected chi connectivity index (χ0v) is 12.7. The molecule has 0 atom stereocenters. The van der Waals surface area contributed by atoms with E-state index in [1.165, 1.54) is 16.8 Å². The van der Waals surface area contributed by atoms with E-state index in [1.807, 2.05) is 0 Å². The Morgan fingerprint density at radius 3 is 2.28 bits per heavy atom. The number of aryl methyl sites for hydroxylation is 1. The molecule has 2 heteroatoms. The molecule has 18 heavy (non-hydrogen) atoms. The first-order valence-electron chi connectivity index (χ1n) is 6.89. The van der Waals surface area contributed by atoms with E-state index in [1.54, 1.807) is 0 Å². The Morgan fingerprint density at radius 1 is 1.11 bits per heavy atom. The van der Waals surface area contributed by atoms with Crippen LogP contribution in [0.25, 0.3) is 0 Å². The van der Waals surface area contributed by atoms with Gasteiger partial charge in [-0.15, -0.1) is 0 Å². The highest BCUT2D eigenvalue weighted by molar-refractivity contribution is 5.53. The van der Waals surface area contributed by atoms with Gasteiger partial charge in [-0.2, -0.15) is 0 Å². The Morgan fingerprint density at radius 2 is 1.78 bits per heavy atom. The Labute approximate surface area is 112 Å². The highest BCUT2D eigenvalue weighted by atomic mass is 15.0. The van der Waals surface area contributed by atoms with Gasteiger partial charge in [-0.1, -0.05) is 46.8 Å². The molecule has 0 bridgehead atoms. The molecule has 102 valence electrons. The van der Waals surface area contributed by atoms with Crippen molar-refractivity contribution >= 4 is 5.69 Å². The molecule has 2 nitrogen and oxygen atoms in total. The molecule has 0 heterocycles. The molecule has 0 aliphatic heterocycles. The van der Waals surface area contributed by atoms with Crippen molar-refractivity contribution in [1.29, 1.82) is 0 Å². The van der Waals surface area contributed by atoms with Crippen LogP contribution in [0.4, 0.5) is 5.69 Å². The molecule has 0 unspecified atom stereocenters. The summed E-state index contributed by atoms with van der Waals surface area (Å²) in [6, 6.07) is 7.27. The van der Waals surface area contributed by atoms with Gasteiger partial charge in [0.2, 0.25) is 0 Å². The van der Waals surface area contributed by atoms with Gasteiger partial charge in [-0.05, 0) is 29.5 Å². The fourth-order valence-corrected chi connectivity index (χ4v) is 1.89. The molecule has 0 amide bonds. The second-order valence-electron chi connectivity index (χ2n) is 6.32. The fourth-order valence-electron chi connectivity index (χ4n) is 1.89. The quantitative estimate of drug-likeness (QED) is 0.776. The molecular formula is C16H28N2. The van der Waals surface area contributed by atoms with Crippen LogP contribution in [0, 0.1) is 6.92 Å². The van der Waals surface area contributed by atoms with Gasteiger partial charge in [0.05, 0.1) is 0 Å². The third-order valence-corrected chi connectivity index (χ3v) is 3.09. The van der Waals surface area contributed by atoms with Crippen LogP contribution in [-0.2, 0) is 5.41 Å². The van der Waals surface area contributed by atoms with E-state index in [9.17, 15) is 0 Å². The SMILES string of the molecule is Cc1cc(C(C)(C)C)ccc1NCCNC(C)C. The standard InChI is InChI=1S/C16H28N2/c1-12(2)17-9-10-18-15-8-7-14(11-13(15)3)16(4,5)6/h7-8,11-12,17-18H,9-10H2,1-6H3. The minimum absolute atomic E-state index is 0.225. The lowest BCUT2D eigenvalue weighted by molar-refractivity contribution is 0.589. The minimum Gasteiger partial charge on any atom is -0.384 e. The molecule has 0 saturated carbocycles. The van der Waals surface area contributed by atoms with Crippen LogP contribution in [0.2, 0.25) is 0 Å². The molecule has 1 aromatic carbocycles. The smallest absolute Gasteiger partial charge is 0.0370 e. The normalized spacial score (nSPS) is 11.9. The van der Waals surface area contributed by atoms with Crippen LogP contribution in [0.1, 0.15) is 45.7 Å². The Bertz CT molecular complexity index is 375. The van der Waals surface area contributed by atoms with Crippen LogP contribution < -0.4 is 10.6 Å². The molecule has 0 aliphatic rings. The van der Waals surface area contributed by atoms with Gasteiger partial charge in [-0.3, -0.25) is 0 Å². The summed E-state index contributed by atoms with van der Waals surface area (Å²) in [5, 5.41) is 6.89. The maximum absolute atomic E-state index is 3.48. The average Bonchev–Trinajstić information content (AvgIpc) is 2.24. The van der Waals surface area contributed by atoms with Crippen LogP contribution >= 0.6 is 0 Å². The monoisotopic (exact) mass is 248 g/mol. The van der Waals surface area contributed by atoms with E-state index >= 15 is 0 Å². The van der Waals surface area contributed by atoms with Gasteiger partial charge in [0, 0.05) is 24.8 Å². The topological polar surface area (TPSA) is 24.1 Å². The molecule has 0 spiro atoms. The first-order chi connectivity index (χ1) is 8.30. The van der Waals surface area contributed by atoms with Gasteiger partial charge in [-0.25, -0.2) is 0 Å². The second kappa shape index (κ2) is 6.24. The first kappa shape index (κ1) is 15.0. The molecule has 0 saturated heterocycles. The summed E-state index contributed by atoms with van der Waals surface area (Å²) < 4.78 is 0. The maximum atomic E-state index is 3.48. The molecular weight excluding hydrogens is 220 g/mol. The number of hydrogen-bond donors (Lipinski definition) is 2. The Hall–Kier alpha value is -1.02. The molecule has 1 aromatic rings. The predicted molar refractivity (Wildman–Crippen MR) is 81.5 cm³/mol. The van der Waals surface area contributed by atoms with Crippen molar-refractivity contribution < 1.29 is 0 Å². The number of nitrogens with one attached hydrogen (secondary N) is 2. The zero-order valence-electron chi connectivity index (χ0n) is 12.7. The van der Waals surface area contributed by atoms with Crippen molar-refractivity contribution in [2.75, 3.05) is 18.4 Å². The van der Waals surface area contributed by atoms with Crippen LogP contribution in [0.15, 0.2) is 18.2 Å². The summed E-state index contributed by atoms with van der Waals surface area (Å²) in [5.41, 5.74) is 4.19. The highest BCUT2D eigenvalue weighted by Gasteiger charge is 2.14. The predicted octanol–water partition coefficient (Wildman–Crippen LogP) is 3.70. The summed E-state index contributed by atoms with van der Waals surface area (Å²) in [5.74, 6) is 0. The van der Waals surface area contributed by atoms with Crippen molar-refractivity contribution in [3.8, 4) is 0 Å². The summed E-state index contributed by atoms with van der Waals surface area (Å²) in [6.07, 6.45) is 0. The van der Waals surface area contributed by atoms with Crippen molar-refractivity contribution in [3.63, 3.8) is 0 Å². The molecule has 0 aromatic heterocycles. The third-order valence-electron chi connectivity index (χ3n) is 3.09. The van der Waals surface area contributed by atoms with Crippen molar-refractivity contribution in [2.45, 2.75) is 53.0 Å². The molecule has 0 fully saturated rings. The Kier molecular flexibility index (Phi) is 5.21. The molecule has 0 radical (unpaired) electrons. The van der Waals surface area contributed by atoms with Crippen molar-refractivity contribution in [1.82, 2.24) is 5.32 Å². The molecule has 1 rings (SSSR count). The lowest BCUT2D eigenvalue weighted by atomic mass is 9.86. The van der Waals surface area contributed by atoms with Gasteiger partial charge < -0.3 is 10.6 Å². The van der Waals surface area contributed by atoms with E-state index in [0.717, 1.165) is 13.1 Å². The van der Waals surface area contributed by atoms with E-state index in [2.05, 4.69) is 70.4 Å². The summed E-state index contributed by atoms with van der Waals surface area (Å²) in [4.78, 5) is 0. The van der Waals surface area contributed by atoms with Gasteiger partial charge in [0.25, 0.3) is 0 Å². The van der Waals surface area contributed by atoms with Crippen LogP contribution in [0.3, 0.4) is 0 Å². The van der Waals surface area contributed by atoms with Gasteiger partial charge in [0.1, 0.15) is 0 Å². The Balaban J connectivity index is 2.58. The lowest BCUT2D eigenvalue weighted by Gasteiger charge is -2.21. The minimum atomic E-state index is 0.225. The summed E-state index contributed by atoms with van der Waals surface area (Å²) in [6.45, 7) is 15.2. The first-order valence-corrected chi connectivity index (χ1v) is 6.89. The number of hydrogen-bond acceptors (Lipinski definition) is 2. The van der Waals surface area contributed by atoms with Gasteiger partial charge in [0.15, 0.2) is 0 Å². The number of anilines is 1.